The Labute approximate surface area is 178 Å². The van der Waals surface area contributed by atoms with Crippen molar-refractivity contribution in [1.29, 1.82) is 0 Å². The molecule has 2 heterocycles. The molecule has 0 radical (unpaired) electrons. The summed E-state index contributed by atoms with van der Waals surface area (Å²) in [6.45, 7) is 4.44. The minimum Gasteiger partial charge on any atom is -0.382 e. The predicted octanol–water partition coefficient (Wildman–Crippen LogP) is 1.64. The van der Waals surface area contributed by atoms with Gasteiger partial charge < -0.3 is 19.9 Å². The zero-order valence-electron chi connectivity index (χ0n) is 18.1. The third-order valence-electron chi connectivity index (χ3n) is 5.58. The standard InChI is InChI=1S/C22H32N4O4/c1-4-30-13-7-11-23-20(27)15-26-19-14-16(21(28)24(2)3)9-10-17(19)25-12-6-5-8-18(25)22(26)29/h9-10,14,18H,4-8,11-13,15H2,1-3H3,(H,23,27)/t18-/m1/s1. The summed E-state index contributed by atoms with van der Waals surface area (Å²) < 4.78 is 5.29. The highest BCUT2D eigenvalue weighted by Crippen LogP contribution is 2.40. The Morgan fingerprint density at radius 3 is 2.77 bits per heavy atom. The van der Waals surface area contributed by atoms with E-state index in [1.165, 1.54) is 4.90 Å². The second-order valence-corrected chi connectivity index (χ2v) is 7.93. The number of carbonyl (C=O) groups excluding carboxylic acids is 3. The van der Waals surface area contributed by atoms with Crippen molar-refractivity contribution in [3.63, 3.8) is 0 Å². The molecule has 0 bridgehead atoms. The van der Waals surface area contributed by atoms with Gasteiger partial charge in [-0.3, -0.25) is 19.3 Å². The van der Waals surface area contributed by atoms with Crippen LogP contribution in [0.5, 0.6) is 0 Å². The van der Waals surface area contributed by atoms with Gasteiger partial charge in [-0.2, -0.15) is 0 Å². The van der Waals surface area contributed by atoms with Gasteiger partial charge in [-0.15, -0.1) is 0 Å². The third kappa shape index (κ3) is 4.75. The molecule has 3 amide bonds. The van der Waals surface area contributed by atoms with Crippen molar-refractivity contribution >= 4 is 29.1 Å². The van der Waals surface area contributed by atoms with E-state index >= 15 is 0 Å². The summed E-state index contributed by atoms with van der Waals surface area (Å²) in [4.78, 5) is 43.5. The van der Waals surface area contributed by atoms with Gasteiger partial charge in [0.05, 0.1) is 11.4 Å². The number of hydrogen-bond acceptors (Lipinski definition) is 5. The molecule has 8 heteroatoms. The quantitative estimate of drug-likeness (QED) is 0.652. The summed E-state index contributed by atoms with van der Waals surface area (Å²) in [5.41, 5.74) is 2.05. The van der Waals surface area contributed by atoms with Crippen LogP contribution in [0.3, 0.4) is 0 Å². The van der Waals surface area contributed by atoms with Crippen LogP contribution in [-0.4, -0.2) is 75.6 Å². The summed E-state index contributed by atoms with van der Waals surface area (Å²) in [5.74, 6) is -0.410. The van der Waals surface area contributed by atoms with Crippen LogP contribution in [0.4, 0.5) is 11.4 Å². The van der Waals surface area contributed by atoms with Crippen LogP contribution < -0.4 is 15.1 Å². The van der Waals surface area contributed by atoms with Crippen molar-refractivity contribution < 1.29 is 19.1 Å². The van der Waals surface area contributed by atoms with Crippen LogP contribution in [0.1, 0.15) is 43.0 Å². The fourth-order valence-electron chi connectivity index (χ4n) is 4.06. The number of carbonyl (C=O) groups is 3. The molecule has 0 aliphatic carbocycles. The van der Waals surface area contributed by atoms with Crippen LogP contribution in [0.15, 0.2) is 18.2 Å². The van der Waals surface area contributed by atoms with Gasteiger partial charge in [0.1, 0.15) is 12.6 Å². The first-order chi connectivity index (χ1) is 14.4. The van der Waals surface area contributed by atoms with Crippen molar-refractivity contribution in [2.45, 2.75) is 38.6 Å². The number of ether oxygens (including phenoxy) is 1. The van der Waals surface area contributed by atoms with Crippen LogP contribution in [0, 0.1) is 0 Å². The Hall–Kier alpha value is -2.61. The average Bonchev–Trinajstić information content (AvgIpc) is 2.75. The second kappa shape index (κ2) is 9.93. The lowest BCUT2D eigenvalue weighted by Crippen LogP contribution is -2.57. The van der Waals surface area contributed by atoms with Crippen molar-refractivity contribution in [2.24, 2.45) is 0 Å². The molecule has 0 spiro atoms. The van der Waals surface area contributed by atoms with Crippen molar-refractivity contribution in [3.8, 4) is 0 Å². The van der Waals surface area contributed by atoms with Gasteiger partial charge in [0.15, 0.2) is 0 Å². The number of hydrogen-bond donors (Lipinski definition) is 1. The first-order valence-electron chi connectivity index (χ1n) is 10.7. The molecule has 1 aromatic rings. The molecule has 0 saturated carbocycles. The highest BCUT2D eigenvalue weighted by molar-refractivity contribution is 6.09. The van der Waals surface area contributed by atoms with Crippen molar-refractivity contribution in [1.82, 2.24) is 10.2 Å². The van der Waals surface area contributed by atoms with Gasteiger partial charge in [0.25, 0.3) is 5.91 Å². The molecule has 1 fully saturated rings. The lowest BCUT2D eigenvalue weighted by Gasteiger charge is -2.45. The van der Waals surface area contributed by atoms with Gasteiger partial charge in [-0.1, -0.05) is 0 Å². The molecule has 8 nitrogen and oxygen atoms in total. The second-order valence-electron chi connectivity index (χ2n) is 7.93. The molecule has 2 aliphatic heterocycles. The Morgan fingerprint density at radius 2 is 2.03 bits per heavy atom. The summed E-state index contributed by atoms with van der Waals surface area (Å²) in [6.07, 6.45) is 3.53. The average molecular weight is 417 g/mol. The molecule has 1 N–H and O–H groups in total. The van der Waals surface area contributed by atoms with Crippen LogP contribution in [0.2, 0.25) is 0 Å². The number of nitrogens with one attached hydrogen (secondary N) is 1. The fourth-order valence-corrected chi connectivity index (χ4v) is 4.06. The van der Waals surface area contributed by atoms with Gasteiger partial charge >= 0.3 is 0 Å². The van der Waals surface area contributed by atoms with E-state index in [1.54, 1.807) is 31.1 Å². The highest BCUT2D eigenvalue weighted by Gasteiger charge is 2.40. The van der Waals surface area contributed by atoms with Gasteiger partial charge in [-0.05, 0) is 50.8 Å². The molecule has 164 valence electrons. The maximum Gasteiger partial charge on any atom is 0.253 e. The molecule has 3 rings (SSSR count). The number of piperidine rings is 1. The number of fused-ring (bicyclic) bond motifs is 3. The van der Waals surface area contributed by atoms with E-state index in [0.717, 1.165) is 37.9 Å². The Balaban J connectivity index is 1.82. The Kier molecular flexibility index (Phi) is 7.31. The topological polar surface area (TPSA) is 82.2 Å². The zero-order chi connectivity index (χ0) is 21.7. The van der Waals surface area contributed by atoms with Gasteiger partial charge in [0, 0.05) is 46.0 Å². The monoisotopic (exact) mass is 416 g/mol. The van der Waals surface area contributed by atoms with Crippen molar-refractivity contribution in [3.05, 3.63) is 23.8 Å². The van der Waals surface area contributed by atoms with Crippen LogP contribution in [0.25, 0.3) is 0 Å². The van der Waals surface area contributed by atoms with Crippen LogP contribution in [-0.2, 0) is 14.3 Å². The highest BCUT2D eigenvalue weighted by atomic mass is 16.5. The minimum atomic E-state index is -0.243. The summed E-state index contributed by atoms with van der Waals surface area (Å²) in [5, 5.41) is 2.87. The Morgan fingerprint density at radius 1 is 1.23 bits per heavy atom. The summed E-state index contributed by atoms with van der Waals surface area (Å²) >= 11 is 0. The molecule has 1 saturated heterocycles. The molecular formula is C22H32N4O4. The minimum absolute atomic E-state index is 0.0512. The summed E-state index contributed by atoms with van der Waals surface area (Å²) in [7, 11) is 3.39. The number of rotatable bonds is 8. The molecule has 30 heavy (non-hydrogen) atoms. The van der Waals surface area contributed by atoms with E-state index in [0.29, 0.717) is 31.0 Å². The molecule has 2 aliphatic rings. The normalized spacial score (nSPS) is 18.0. The maximum absolute atomic E-state index is 13.3. The molecule has 0 unspecified atom stereocenters. The first-order valence-corrected chi connectivity index (χ1v) is 10.7. The molecule has 0 aromatic heterocycles. The number of benzene rings is 1. The number of anilines is 2. The zero-order valence-corrected chi connectivity index (χ0v) is 18.1. The predicted molar refractivity (Wildman–Crippen MR) is 116 cm³/mol. The molecule has 1 aromatic carbocycles. The van der Waals surface area contributed by atoms with E-state index in [4.69, 9.17) is 4.74 Å². The molecular weight excluding hydrogens is 384 g/mol. The smallest absolute Gasteiger partial charge is 0.253 e. The third-order valence-corrected chi connectivity index (χ3v) is 5.58. The lowest BCUT2D eigenvalue weighted by molar-refractivity contribution is -0.125. The largest absolute Gasteiger partial charge is 0.382 e. The summed E-state index contributed by atoms with van der Waals surface area (Å²) in [6, 6.07) is 5.20. The Bertz CT molecular complexity index is 795. The van der Waals surface area contributed by atoms with Crippen LogP contribution >= 0.6 is 0 Å². The fraction of sp³-hybridized carbons (Fsp3) is 0.591. The van der Waals surface area contributed by atoms with E-state index in [1.807, 2.05) is 13.0 Å². The van der Waals surface area contributed by atoms with Gasteiger partial charge in [-0.25, -0.2) is 0 Å². The SMILES string of the molecule is CCOCCCNC(=O)CN1C(=O)[C@H]2CCCCN2c2ccc(C(=O)N(C)C)cc21. The first kappa shape index (κ1) is 22.1. The van der Waals surface area contributed by atoms with E-state index < -0.39 is 0 Å². The number of nitrogens with zero attached hydrogens (tertiary/aromatic N) is 3. The van der Waals surface area contributed by atoms with E-state index in [2.05, 4.69) is 10.2 Å². The van der Waals surface area contributed by atoms with Gasteiger partial charge in [0.2, 0.25) is 11.8 Å². The number of amides is 3. The van der Waals surface area contributed by atoms with E-state index in [9.17, 15) is 14.4 Å². The van der Waals surface area contributed by atoms with E-state index in [-0.39, 0.29) is 30.3 Å². The molecule has 1 atom stereocenters. The maximum atomic E-state index is 13.3. The van der Waals surface area contributed by atoms with Crippen molar-refractivity contribution in [2.75, 3.05) is 56.7 Å². The lowest BCUT2D eigenvalue weighted by atomic mass is 9.95.